The highest BCUT2D eigenvalue weighted by Crippen LogP contribution is 2.19. The zero-order valence-corrected chi connectivity index (χ0v) is 15.0. The van der Waals surface area contributed by atoms with Crippen LogP contribution in [0.4, 0.5) is 0 Å². The van der Waals surface area contributed by atoms with Gasteiger partial charge in [0.1, 0.15) is 11.2 Å². The van der Waals surface area contributed by atoms with E-state index in [1.54, 1.807) is 42.0 Å². The lowest BCUT2D eigenvalue weighted by Crippen LogP contribution is -2.37. The zero-order valence-electron chi connectivity index (χ0n) is 15.0. The van der Waals surface area contributed by atoms with Crippen molar-refractivity contribution in [2.45, 2.75) is 51.2 Å². The third-order valence-corrected chi connectivity index (χ3v) is 4.61. The van der Waals surface area contributed by atoms with E-state index in [1.165, 1.54) is 19.3 Å². The number of nitrogens with zero attached hydrogens (tertiary/aromatic N) is 3. The molecule has 1 aliphatic rings. The van der Waals surface area contributed by atoms with Crippen LogP contribution in [0.5, 0.6) is 5.75 Å². The molecule has 26 heavy (non-hydrogen) atoms. The van der Waals surface area contributed by atoms with Crippen molar-refractivity contribution in [1.82, 2.24) is 4.57 Å². The minimum atomic E-state index is -0.657. The van der Waals surface area contributed by atoms with E-state index in [-0.39, 0.29) is 5.91 Å². The Bertz CT molecular complexity index is 856. The van der Waals surface area contributed by atoms with Crippen LogP contribution in [0.3, 0.4) is 0 Å². The minimum absolute atomic E-state index is 0.162. The molecule has 1 fully saturated rings. The van der Waals surface area contributed by atoms with Gasteiger partial charge >= 0.3 is 0 Å². The Hall–Kier alpha value is -2.87. The number of benzene rings is 1. The van der Waals surface area contributed by atoms with Crippen molar-refractivity contribution in [1.29, 1.82) is 5.26 Å². The van der Waals surface area contributed by atoms with Gasteiger partial charge in [0.15, 0.2) is 6.10 Å². The van der Waals surface area contributed by atoms with E-state index >= 15 is 0 Å². The number of hydrogen-bond acceptors (Lipinski definition) is 4. The summed E-state index contributed by atoms with van der Waals surface area (Å²) >= 11 is 0. The fourth-order valence-corrected chi connectivity index (χ4v) is 3.18. The summed E-state index contributed by atoms with van der Waals surface area (Å²) in [6, 6.07) is 14.7. The highest BCUT2D eigenvalue weighted by Gasteiger charge is 2.18. The predicted octanol–water partition coefficient (Wildman–Crippen LogP) is 3.70. The van der Waals surface area contributed by atoms with E-state index in [0.717, 1.165) is 12.8 Å². The second kappa shape index (κ2) is 8.48. The minimum Gasteiger partial charge on any atom is -0.481 e. The molecule has 3 rings (SSSR count). The molecule has 1 aromatic carbocycles. The SMILES string of the molecule is CC(Oc1ccc(C#N)cc1)C(=O)n1ccccc1=NC1CCCCC1. The second-order valence-electron chi connectivity index (χ2n) is 6.58. The molecule has 1 unspecified atom stereocenters. The van der Waals surface area contributed by atoms with Gasteiger partial charge in [0, 0.05) is 6.20 Å². The van der Waals surface area contributed by atoms with Crippen LogP contribution in [0, 0.1) is 11.3 Å². The van der Waals surface area contributed by atoms with Gasteiger partial charge in [-0.2, -0.15) is 5.26 Å². The number of carbonyl (C=O) groups excluding carboxylic acids is 1. The van der Waals surface area contributed by atoms with Crippen LogP contribution in [0.1, 0.15) is 49.4 Å². The molecule has 0 N–H and O–H groups in total. The number of aromatic nitrogens is 1. The third kappa shape index (κ3) is 4.40. The Morgan fingerprint density at radius 2 is 1.92 bits per heavy atom. The molecule has 0 bridgehead atoms. The van der Waals surface area contributed by atoms with E-state index in [4.69, 9.17) is 15.0 Å². The lowest BCUT2D eigenvalue weighted by atomic mass is 9.96. The van der Waals surface area contributed by atoms with Gasteiger partial charge in [-0.25, -0.2) is 0 Å². The molecule has 1 saturated carbocycles. The van der Waals surface area contributed by atoms with Crippen LogP contribution < -0.4 is 10.2 Å². The van der Waals surface area contributed by atoms with Gasteiger partial charge in [0.2, 0.25) is 0 Å². The summed E-state index contributed by atoms with van der Waals surface area (Å²) in [6.07, 6.45) is 6.93. The Kier molecular flexibility index (Phi) is 5.85. The number of rotatable bonds is 4. The molecule has 1 heterocycles. The maximum Gasteiger partial charge on any atom is 0.272 e. The van der Waals surface area contributed by atoms with Crippen molar-refractivity contribution in [3.8, 4) is 11.8 Å². The molecule has 1 aliphatic carbocycles. The smallest absolute Gasteiger partial charge is 0.272 e. The summed E-state index contributed by atoms with van der Waals surface area (Å²) in [7, 11) is 0. The lowest BCUT2D eigenvalue weighted by Gasteiger charge is -2.19. The fourth-order valence-electron chi connectivity index (χ4n) is 3.18. The molecule has 2 aromatic rings. The highest BCUT2D eigenvalue weighted by molar-refractivity contribution is 5.83. The van der Waals surface area contributed by atoms with Gasteiger partial charge in [0.25, 0.3) is 5.91 Å². The molecule has 0 spiro atoms. The predicted molar refractivity (Wildman–Crippen MR) is 98.7 cm³/mol. The number of ether oxygens (including phenoxy) is 1. The molecule has 1 atom stereocenters. The van der Waals surface area contributed by atoms with Gasteiger partial charge in [-0.1, -0.05) is 25.3 Å². The number of hydrogen-bond donors (Lipinski definition) is 0. The number of carbonyl (C=O) groups is 1. The van der Waals surface area contributed by atoms with E-state index in [0.29, 0.717) is 22.8 Å². The summed E-state index contributed by atoms with van der Waals surface area (Å²) in [5.41, 5.74) is 1.24. The summed E-state index contributed by atoms with van der Waals surface area (Å²) < 4.78 is 7.33. The highest BCUT2D eigenvalue weighted by atomic mass is 16.5. The van der Waals surface area contributed by atoms with Gasteiger partial charge < -0.3 is 4.74 Å². The second-order valence-corrected chi connectivity index (χ2v) is 6.58. The average molecular weight is 349 g/mol. The quantitative estimate of drug-likeness (QED) is 0.845. The topological polar surface area (TPSA) is 67.4 Å². The molecule has 0 radical (unpaired) electrons. The third-order valence-electron chi connectivity index (χ3n) is 4.61. The average Bonchev–Trinajstić information content (AvgIpc) is 2.69. The Morgan fingerprint density at radius 1 is 1.19 bits per heavy atom. The Balaban J connectivity index is 1.78. The first-order chi connectivity index (χ1) is 12.7. The molecule has 5 heteroatoms. The van der Waals surface area contributed by atoms with Crippen molar-refractivity contribution >= 4 is 5.91 Å². The van der Waals surface area contributed by atoms with Crippen LogP contribution in [-0.2, 0) is 0 Å². The summed E-state index contributed by atoms with van der Waals surface area (Å²) in [6.45, 7) is 1.73. The normalized spacial score (nSPS) is 16.7. The van der Waals surface area contributed by atoms with Crippen LogP contribution in [-0.4, -0.2) is 22.6 Å². The fraction of sp³-hybridized carbons (Fsp3) is 0.381. The first-order valence-corrected chi connectivity index (χ1v) is 9.10. The largest absolute Gasteiger partial charge is 0.481 e. The monoisotopic (exact) mass is 349 g/mol. The van der Waals surface area contributed by atoms with Gasteiger partial charge in [0.05, 0.1) is 17.7 Å². The molecule has 0 aliphatic heterocycles. The summed E-state index contributed by atoms with van der Waals surface area (Å²) in [5, 5.41) is 8.85. The van der Waals surface area contributed by atoms with Gasteiger partial charge in [-0.05, 0) is 56.2 Å². The van der Waals surface area contributed by atoms with Crippen LogP contribution >= 0.6 is 0 Å². The lowest BCUT2D eigenvalue weighted by molar-refractivity contribution is 0.0721. The van der Waals surface area contributed by atoms with E-state index in [2.05, 4.69) is 6.07 Å². The van der Waals surface area contributed by atoms with Gasteiger partial charge in [-0.15, -0.1) is 0 Å². The van der Waals surface area contributed by atoms with Crippen molar-refractivity contribution in [2.75, 3.05) is 0 Å². The zero-order chi connectivity index (χ0) is 18.4. The molecule has 1 aromatic heterocycles. The molecule has 0 saturated heterocycles. The first-order valence-electron chi connectivity index (χ1n) is 9.10. The van der Waals surface area contributed by atoms with Gasteiger partial charge in [-0.3, -0.25) is 14.4 Å². The van der Waals surface area contributed by atoms with Crippen LogP contribution in [0.25, 0.3) is 0 Å². The maximum absolute atomic E-state index is 12.9. The summed E-state index contributed by atoms with van der Waals surface area (Å²) in [5.74, 6) is 0.400. The molecule has 5 nitrogen and oxygen atoms in total. The van der Waals surface area contributed by atoms with Crippen LogP contribution in [0.2, 0.25) is 0 Å². The molecular formula is C21H23N3O2. The van der Waals surface area contributed by atoms with Crippen molar-refractivity contribution in [2.24, 2.45) is 4.99 Å². The Labute approximate surface area is 153 Å². The first kappa shape index (κ1) is 17.9. The van der Waals surface area contributed by atoms with Crippen molar-refractivity contribution in [3.63, 3.8) is 0 Å². The van der Waals surface area contributed by atoms with E-state index in [1.807, 2.05) is 18.2 Å². The number of nitriles is 1. The van der Waals surface area contributed by atoms with Crippen LogP contribution in [0.15, 0.2) is 53.7 Å². The molecule has 134 valence electrons. The van der Waals surface area contributed by atoms with E-state index < -0.39 is 6.10 Å². The maximum atomic E-state index is 12.9. The summed E-state index contributed by atoms with van der Waals surface area (Å²) in [4.78, 5) is 17.7. The van der Waals surface area contributed by atoms with Crippen molar-refractivity contribution in [3.05, 3.63) is 59.7 Å². The number of pyridine rings is 1. The Morgan fingerprint density at radius 3 is 2.62 bits per heavy atom. The van der Waals surface area contributed by atoms with Crippen molar-refractivity contribution < 1.29 is 9.53 Å². The standard InChI is InChI=1S/C21H23N3O2/c1-16(26-19-12-10-17(15-22)11-13-19)21(25)24-14-6-5-9-20(24)23-18-7-3-2-4-8-18/h5-6,9-14,16,18H,2-4,7-8H2,1H3. The molecule has 0 amide bonds. The van der Waals surface area contributed by atoms with E-state index in [9.17, 15) is 4.79 Å². The molecular weight excluding hydrogens is 326 g/mol.